The fourth-order valence-corrected chi connectivity index (χ4v) is 4.54. The molecule has 202 valence electrons. The van der Waals surface area contributed by atoms with E-state index in [2.05, 4.69) is 10.1 Å². The topological polar surface area (TPSA) is 66.0 Å². The number of aromatic nitrogens is 2. The van der Waals surface area contributed by atoms with E-state index < -0.39 is 58.3 Å². The number of anilines is 1. The fourth-order valence-electron chi connectivity index (χ4n) is 4.54. The Kier molecular flexibility index (Phi) is 6.83. The van der Waals surface area contributed by atoms with Crippen LogP contribution >= 0.6 is 0 Å². The van der Waals surface area contributed by atoms with Crippen LogP contribution in [-0.2, 0) is 31.5 Å². The van der Waals surface area contributed by atoms with Crippen molar-refractivity contribution in [1.29, 1.82) is 5.26 Å². The molecule has 0 saturated heterocycles. The maximum absolute atomic E-state index is 13.8. The average molecular weight is 548 g/mol. The lowest BCUT2D eigenvalue weighted by atomic mass is 9.97. The van der Waals surface area contributed by atoms with Gasteiger partial charge in [-0.2, -0.15) is 49.8 Å². The summed E-state index contributed by atoms with van der Waals surface area (Å²) in [7, 11) is 0. The van der Waals surface area contributed by atoms with Crippen LogP contribution in [0, 0.1) is 11.3 Å². The van der Waals surface area contributed by atoms with E-state index in [1.165, 1.54) is 6.07 Å². The minimum atomic E-state index is -5.08. The molecule has 0 N–H and O–H groups in total. The average Bonchev–Trinajstić information content (AvgIpc) is 3.41. The van der Waals surface area contributed by atoms with Crippen molar-refractivity contribution >= 4 is 5.69 Å². The van der Waals surface area contributed by atoms with Crippen molar-refractivity contribution in [3.8, 4) is 17.5 Å². The molecule has 0 bridgehead atoms. The third-order valence-corrected chi connectivity index (χ3v) is 6.12. The minimum Gasteiger partial charge on any atom is -0.360 e. The summed E-state index contributed by atoms with van der Waals surface area (Å²) in [5.74, 6) is -0.767. The Labute approximate surface area is 209 Å². The Balaban J connectivity index is 1.73. The van der Waals surface area contributed by atoms with Crippen LogP contribution in [0.15, 0.2) is 34.9 Å². The highest BCUT2D eigenvalue weighted by molar-refractivity contribution is 5.66. The van der Waals surface area contributed by atoms with Gasteiger partial charge in [0.05, 0.1) is 34.9 Å². The zero-order chi connectivity index (χ0) is 28.0. The van der Waals surface area contributed by atoms with Gasteiger partial charge in [-0.25, -0.2) is 0 Å². The van der Waals surface area contributed by atoms with Crippen molar-refractivity contribution in [3.63, 3.8) is 0 Å². The van der Waals surface area contributed by atoms with E-state index in [1.807, 2.05) is 6.92 Å². The van der Waals surface area contributed by atoms with E-state index in [4.69, 9.17) is 4.52 Å². The third kappa shape index (κ3) is 5.27. The molecule has 38 heavy (non-hydrogen) atoms. The van der Waals surface area contributed by atoms with Crippen molar-refractivity contribution in [3.05, 3.63) is 64.0 Å². The van der Waals surface area contributed by atoms with Crippen LogP contribution in [-0.4, -0.2) is 16.2 Å². The second kappa shape index (κ2) is 9.52. The molecule has 2 heterocycles. The van der Waals surface area contributed by atoms with Gasteiger partial charge in [0.1, 0.15) is 0 Å². The first-order valence-corrected chi connectivity index (χ1v) is 11.2. The van der Waals surface area contributed by atoms with Gasteiger partial charge in [0.2, 0.25) is 0 Å². The zero-order valence-electron chi connectivity index (χ0n) is 19.4. The summed E-state index contributed by atoms with van der Waals surface area (Å²) in [6, 6.07) is 4.37. The van der Waals surface area contributed by atoms with Crippen molar-refractivity contribution in [2.75, 3.05) is 4.90 Å². The molecule has 4 rings (SSSR count). The minimum absolute atomic E-state index is 0.0270. The molecular formula is C24H17F9N4O. The number of alkyl halides is 9. The van der Waals surface area contributed by atoms with Crippen molar-refractivity contribution in [2.24, 2.45) is 0 Å². The van der Waals surface area contributed by atoms with Crippen LogP contribution < -0.4 is 4.90 Å². The third-order valence-electron chi connectivity index (χ3n) is 6.12. The Morgan fingerprint density at radius 1 is 0.974 bits per heavy atom. The summed E-state index contributed by atoms with van der Waals surface area (Å²) in [5, 5.41) is 12.8. The summed E-state index contributed by atoms with van der Waals surface area (Å²) < 4.78 is 126. The van der Waals surface area contributed by atoms with Gasteiger partial charge in [0, 0.05) is 17.3 Å². The molecule has 0 spiro atoms. The lowest BCUT2D eigenvalue weighted by molar-refractivity contribution is -0.143. The normalized spacial score (nSPS) is 16.0. The summed E-state index contributed by atoms with van der Waals surface area (Å²) >= 11 is 0. The molecule has 5 nitrogen and oxygen atoms in total. The Morgan fingerprint density at radius 2 is 1.61 bits per heavy atom. The number of hydrogen-bond acceptors (Lipinski definition) is 5. The Bertz CT molecular complexity index is 1350. The van der Waals surface area contributed by atoms with Gasteiger partial charge in [-0.05, 0) is 48.7 Å². The second-order valence-electron chi connectivity index (χ2n) is 8.68. The molecule has 1 aliphatic heterocycles. The van der Waals surface area contributed by atoms with Gasteiger partial charge < -0.3 is 9.42 Å². The standard InChI is InChI=1S/C24H17F9N4O/c1-2-3-16-9-17-18(5-4-12(10-34)20(17)24(31,32)33)37(16)11-19-35-21(38-36-19)13-6-14(22(25,26)27)8-15(7-13)23(28,29)30/h4-8,16H,2-3,9,11H2,1H3. The second-order valence-corrected chi connectivity index (χ2v) is 8.68. The Hall–Kier alpha value is -3.76. The SMILES string of the molecule is CCCC1Cc2c(ccc(C#N)c2C(F)(F)F)N1Cc1noc(-c2cc(C(F)(F)F)cc(C(F)(F)F)c2)n1. The summed E-state index contributed by atoms with van der Waals surface area (Å²) in [6.45, 7) is 1.60. The first-order chi connectivity index (χ1) is 17.6. The molecule has 0 amide bonds. The number of rotatable bonds is 5. The van der Waals surface area contributed by atoms with Crippen LogP contribution in [0.5, 0.6) is 0 Å². The monoisotopic (exact) mass is 548 g/mol. The van der Waals surface area contributed by atoms with Crippen LogP contribution in [0.4, 0.5) is 45.2 Å². The molecule has 2 aromatic carbocycles. The van der Waals surface area contributed by atoms with E-state index >= 15 is 0 Å². The smallest absolute Gasteiger partial charge is 0.360 e. The number of nitriles is 1. The molecule has 1 unspecified atom stereocenters. The number of halogens is 9. The first kappa shape index (κ1) is 27.3. The highest BCUT2D eigenvalue weighted by atomic mass is 19.4. The quantitative estimate of drug-likeness (QED) is 0.311. The van der Waals surface area contributed by atoms with Gasteiger partial charge in [0.15, 0.2) is 5.82 Å². The maximum Gasteiger partial charge on any atom is 0.418 e. The highest BCUT2D eigenvalue weighted by Crippen LogP contribution is 2.45. The van der Waals surface area contributed by atoms with Crippen LogP contribution in [0.1, 0.15) is 53.4 Å². The van der Waals surface area contributed by atoms with Crippen molar-refractivity contribution in [1.82, 2.24) is 10.1 Å². The lowest BCUT2D eigenvalue weighted by Gasteiger charge is -2.26. The number of nitrogens with zero attached hydrogens (tertiary/aromatic N) is 4. The number of hydrogen-bond donors (Lipinski definition) is 0. The summed E-state index contributed by atoms with van der Waals surface area (Å²) in [5.41, 5.74) is -5.21. The van der Waals surface area contributed by atoms with Crippen LogP contribution in [0.2, 0.25) is 0 Å². The van der Waals surface area contributed by atoms with Crippen molar-refractivity contribution in [2.45, 2.75) is 57.3 Å². The molecule has 0 saturated carbocycles. The van der Waals surface area contributed by atoms with E-state index in [1.54, 1.807) is 11.0 Å². The van der Waals surface area contributed by atoms with E-state index in [-0.39, 0.29) is 36.1 Å². The van der Waals surface area contributed by atoms with E-state index in [9.17, 15) is 44.8 Å². The van der Waals surface area contributed by atoms with Gasteiger partial charge in [-0.15, -0.1) is 0 Å². The predicted molar refractivity (Wildman–Crippen MR) is 114 cm³/mol. The summed E-state index contributed by atoms with van der Waals surface area (Å²) in [6.07, 6.45) is -13.9. The van der Waals surface area contributed by atoms with Gasteiger partial charge in [-0.1, -0.05) is 18.5 Å². The molecule has 0 aliphatic carbocycles. The Morgan fingerprint density at radius 3 is 2.13 bits per heavy atom. The molecule has 3 aromatic rings. The molecular weight excluding hydrogens is 531 g/mol. The van der Waals surface area contributed by atoms with Crippen LogP contribution in [0.25, 0.3) is 11.5 Å². The fraction of sp³-hybridized carbons (Fsp3) is 0.375. The summed E-state index contributed by atoms with van der Waals surface area (Å²) in [4.78, 5) is 5.50. The maximum atomic E-state index is 13.8. The highest BCUT2D eigenvalue weighted by Gasteiger charge is 2.42. The molecule has 1 atom stereocenters. The number of fused-ring (bicyclic) bond motifs is 1. The van der Waals surface area contributed by atoms with Crippen molar-refractivity contribution < 1.29 is 44.0 Å². The van der Waals surface area contributed by atoms with Gasteiger partial charge in [-0.3, -0.25) is 0 Å². The van der Waals surface area contributed by atoms with Gasteiger partial charge in [0.25, 0.3) is 5.89 Å². The van der Waals surface area contributed by atoms with E-state index in [0.29, 0.717) is 25.0 Å². The molecule has 1 aromatic heterocycles. The largest absolute Gasteiger partial charge is 0.418 e. The molecule has 1 aliphatic rings. The number of benzene rings is 2. The van der Waals surface area contributed by atoms with Gasteiger partial charge >= 0.3 is 18.5 Å². The zero-order valence-corrected chi connectivity index (χ0v) is 19.4. The van der Waals surface area contributed by atoms with E-state index in [0.717, 1.165) is 6.07 Å². The predicted octanol–water partition coefficient (Wildman–Crippen LogP) is 7.40. The lowest BCUT2D eigenvalue weighted by Crippen LogP contribution is -2.31. The molecule has 0 radical (unpaired) electrons. The molecule has 0 fully saturated rings. The molecule has 14 heteroatoms. The van der Waals surface area contributed by atoms with Crippen LogP contribution in [0.3, 0.4) is 0 Å². The first-order valence-electron chi connectivity index (χ1n) is 11.2.